The SMILES string of the molecule is COc1cccc(OCc2coc(C(=O)O)n2)c1. The molecular formula is C12H11NO5. The highest BCUT2D eigenvalue weighted by Crippen LogP contribution is 2.19. The number of methoxy groups -OCH3 is 1. The number of oxazole rings is 1. The monoisotopic (exact) mass is 249 g/mol. The lowest BCUT2D eigenvalue weighted by Gasteiger charge is -2.05. The van der Waals surface area contributed by atoms with E-state index in [9.17, 15) is 4.79 Å². The van der Waals surface area contributed by atoms with Crippen molar-refractivity contribution in [1.29, 1.82) is 0 Å². The Morgan fingerprint density at radius 3 is 2.89 bits per heavy atom. The van der Waals surface area contributed by atoms with Crippen molar-refractivity contribution in [2.45, 2.75) is 6.61 Å². The predicted molar refractivity (Wildman–Crippen MR) is 60.8 cm³/mol. The third-order valence-corrected chi connectivity index (χ3v) is 2.16. The molecule has 2 rings (SSSR count). The number of ether oxygens (including phenoxy) is 2. The summed E-state index contributed by atoms with van der Waals surface area (Å²) in [6.45, 7) is 0.129. The van der Waals surface area contributed by atoms with Gasteiger partial charge in [-0.2, -0.15) is 0 Å². The Balaban J connectivity index is 1.99. The van der Waals surface area contributed by atoms with Crippen LogP contribution in [0.1, 0.15) is 16.4 Å². The molecule has 0 unspecified atom stereocenters. The van der Waals surface area contributed by atoms with Gasteiger partial charge in [0.15, 0.2) is 0 Å². The maximum Gasteiger partial charge on any atom is 0.392 e. The first-order valence-corrected chi connectivity index (χ1v) is 5.13. The summed E-state index contributed by atoms with van der Waals surface area (Å²) in [6, 6.07) is 7.07. The van der Waals surface area contributed by atoms with Gasteiger partial charge >= 0.3 is 11.9 Å². The number of rotatable bonds is 5. The van der Waals surface area contributed by atoms with Gasteiger partial charge in [-0.1, -0.05) is 6.07 Å². The van der Waals surface area contributed by atoms with Crippen molar-refractivity contribution in [3.63, 3.8) is 0 Å². The molecule has 1 aromatic heterocycles. The molecule has 6 nitrogen and oxygen atoms in total. The number of hydrogen-bond donors (Lipinski definition) is 1. The molecule has 1 aromatic carbocycles. The van der Waals surface area contributed by atoms with E-state index in [2.05, 4.69) is 4.98 Å². The lowest BCUT2D eigenvalue weighted by atomic mass is 10.3. The second-order valence-corrected chi connectivity index (χ2v) is 3.42. The number of carboxylic acid groups (broad SMARTS) is 1. The lowest BCUT2D eigenvalue weighted by molar-refractivity contribution is 0.0653. The Kier molecular flexibility index (Phi) is 3.47. The first kappa shape index (κ1) is 12.0. The molecule has 1 heterocycles. The van der Waals surface area contributed by atoms with Crippen LogP contribution in [0.15, 0.2) is 34.9 Å². The molecule has 0 atom stereocenters. The molecule has 0 saturated carbocycles. The Morgan fingerprint density at radius 1 is 1.44 bits per heavy atom. The van der Waals surface area contributed by atoms with Gasteiger partial charge in [-0.15, -0.1) is 0 Å². The van der Waals surface area contributed by atoms with E-state index < -0.39 is 5.97 Å². The molecule has 0 radical (unpaired) electrons. The van der Waals surface area contributed by atoms with Crippen LogP contribution in [-0.4, -0.2) is 23.2 Å². The Morgan fingerprint density at radius 2 is 2.22 bits per heavy atom. The number of benzene rings is 1. The molecule has 0 spiro atoms. The van der Waals surface area contributed by atoms with E-state index >= 15 is 0 Å². The van der Waals surface area contributed by atoms with Gasteiger partial charge in [-0.25, -0.2) is 9.78 Å². The standard InChI is InChI=1S/C12H11NO5/c1-16-9-3-2-4-10(5-9)17-6-8-7-18-11(13-8)12(14)15/h2-5,7H,6H2,1H3,(H,14,15). The number of hydrogen-bond acceptors (Lipinski definition) is 5. The number of aromatic nitrogens is 1. The van der Waals surface area contributed by atoms with Gasteiger partial charge in [0.2, 0.25) is 0 Å². The van der Waals surface area contributed by atoms with Crippen LogP contribution in [-0.2, 0) is 6.61 Å². The minimum Gasteiger partial charge on any atom is -0.497 e. The largest absolute Gasteiger partial charge is 0.497 e. The van der Waals surface area contributed by atoms with Gasteiger partial charge < -0.3 is 19.0 Å². The molecule has 0 fully saturated rings. The van der Waals surface area contributed by atoms with Crippen LogP contribution in [0.4, 0.5) is 0 Å². The second-order valence-electron chi connectivity index (χ2n) is 3.42. The van der Waals surface area contributed by atoms with Crippen molar-refractivity contribution in [3.8, 4) is 11.5 Å². The molecule has 0 aliphatic carbocycles. The summed E-state index contributed by atoms with van der Waals surface area (Å²) in [4.78, 5) is 14.3. The van der Waals surface area contributed by atoms with Gasteiger partial charge in [-0.05, 0) is 12.1 Å². The highest BCUT2D eigenvalue weighted by molar-refractivity contribution is 5.82. The minimum absolute atomic E-state index is 0.129. The number of aromatic carboxylic acids is 1. The van der Waals surface area contributed by atoms with E-state index in [1.807, 2.05) is 0 Å². The Labute approximate surface area is 103 Å². The Hall–Kier alpha value is -2.50. The minimum atomic E-state index is -1.21. The van der Waals surface area contributed by atoms with Gasteiger partial charge in [-0.3, -0.25) is 0 Å². The van der Waals surface area contributed by atoms with Gasteiger partial charge in [0.25, 0.3) is 0 Å². The van der Waals surface area contributed by atoms with Crippen LogP contribution in [0.2, 0.25) is 0 Å². The summed E-state index contributed by atoms with van der Waals surface area (Å²) in [5.74, 6) is -0.269. The third kappa shape index (κ3) is 2.79. The number of nitrogens with zero attached hydrogens (tertiary/aromatic N) is 1. The topological polar surface area (TPSA) is 81.8 Å². The highest BCUT2D eigenvalue weighted by Gasteiger charge is 2.11. The van der Waals surface area contributed by atoms with Crippen LogP contribution < -0.4 is 9.47 Å². The zero-order valence-electron chi connectivity index (χ0n) is 9.62. The zero-order valence-corrected chi connectivity index (χ0v) is 9.62. The quantitative estimate of drug-likeness (QED) is 0.872. The van der Waals surface area contributed by atoms with Crippen molar-refractivity contribution < 1.29 is 23.8 Å². The highest BCUT2D eigenvalue weighted by atomic mass is 16.5. The van der Waals surface area contributed by atoms with Crippen molar-refractivity contribution in [2.24, 2.45) is 0 Å². The van der Waals surface area contributed by atoms with Crippen LogP contribution in [0, 0.1) is 0 Å². The van der Waals surface area contributed by atoms with Crippen LogP contribution >= 0.6 is 0 Å². The molecule has 2 aromatic rings. The molecule has 0 bridgehead atoms. The van der Waals surface area contributed by atoms with Crippen LogP contribution in [0.5, 0.6) is 11.5 Å². The molecule has 0 aliphatic heterocycles. The van der Waals surface area contributed by atoms with Crippen LogP contribution in [0.3, 0.4) is 0 Å². The average molecular weight is 249 g/mol. The molecular weight excluding hydrogens is 238 g/mol. The summed E-state index contributed by atoms with van der Waals surface area (Å²) >= 11 is 0. The summed E-state index contributed by atoms with van der Waals surface area (Å²) < 4.78 is 15.2. The first-order valence-electron chi connectivity index (χ1n) is 5.13. The van der Waals surface area contributed by atoms with E-state index in [-0.39, 0.29) is 12.5 Å². The average Bonchev–Trinajstić information content (AvgIpc) is 2.85. The van der Waals surface area contributed by atoms with Gasteiger partial charge in [0, 0.05) is 6.07 Å². The fourth-order valence-corrected chi connectivity index (χ4v) is 1.32. The Bertz CT molecular complexity index is 549. The van der Waals surface area contributed by atoms with E-state index in [0.717, 1.165) is 0 Å². The van der Waals surface area contributed by atoms with Gasteiger partial charge in [0.05, 0.1) is 7.11 Å². The summed E-state index contributed by atoms with van der Waals surface area (Å²) in [6.07, 6.45) is 1.25. The molecule has 6 heteroatoms. The van der Waals surface area contributed by atoms with Gasteiger partial charge in [0.1, 0.15) is 30.1 Å². The number of carboxylic acids is 1. The zero-order chi connectivity index (χ0) is 13.0. The van der Waals surface area contributed by atoms with Crippen molar-refractivity contribution in [2.75, 3.05) is 7.11 Å². The summed E-state index contributed by atoms with van der Waals surface area (Å²) in [5.41, 5.74) is 0.412. The third-order valence-electron chi connectivity index (χ3n) is 2.16. The molecule has 18 heavy (non-hydrogen) atoms. The summed E-state index contributed by atoms with van der Waals surface area (Å²) in [7, 11) is 1.57. The lowest BCUT2D eigenvalue weighted by Crippen LogP contribution is -1.99. The van der Waals surface area contributed by atoms with E-state index in [1.54, 1.807) is 31.4 Å². The van der Waals surface area contributed by atoms with Crippen molar-refractivity contribution in [3.05, 3.63) is 42.1 Å². The molecule has 0 saturated heterocycles. The van der Waals surface area contributed by atoms with Crippen molar-refractivity contribution >= 4 is 5.97 Å². The van der Waals surface area contributed by atoms with Crippen molar-refractivity contribution in [1.82, 2.24) is 4.98 Å². The first-order chi connectivity index (χ1) is 8.69. The van der Waals surface area contributed by atoms with E-state index in [0.29, 0.717) is 17.2 Å². The van der Waals surface area contributed by atoms with E-state index in [4.69, 9.17) is 19.0 Å². The van der Waals surface area contributed by atoms with Crippen LogP contribution in [0.25, 0.3) is 0 Å². The maximum atomic E-state index is 10.6. The molecule has 1 N–H and O–H groups in total. The summed E-state index contributed by atoms with van der Waals surface area (Å²) in [5, 5.41) is 8.64. The maximum absolute atomic E-state index is 10.6. The van der Waals surface area contributed by atoms with E-state index in [1.165, 1.54) is 6.26 Å². The smallest absolute Gasteiger partial charge is 0.392 e. The second kappa shape index (κ2) is 5.22. The molecule has 0 aliphatic rings. The fraction of sp³-hybridized carbons (Fsp3) is 0.167. The molecule has 0 amide bonds. The number of carbonyl (C=O) groups is 1. The predicted octanol–water partition coefficient (Wildman–Crippen LogP) is 1.96. The fourth-order valence-electron chi connectivity index (χ4n) is 1.32. The normalized spacial score (nSPS) is 10.1. The molecule has 94 valence electrons.